The van der Waals surface area contributed by atoms with Crippen molar-refractivity contribution in [3.63, 3.8) is 0 Å². The Hall–Kier alpha value is -2.65. The number of alkyl carbamates (subject to hydrolysis) is 1. The van der Waals surface area contributed by atoms with Gasteiger partial charge in [-0.2, -0.15) is 0 Å². The van der Waals surface area contributed by atoms with Gasteiger partial charge in [-0.3, -0.25) is 9.69 Å². The fourth-order valence-corrected chi connectivity index (χ4v) is 3.57. The van der Waals surface area contributed by atoms with Gasteiger partial charge in [-0.25, -0.2) is 4.79 Å². The van der Waals surface area contributed by atoms with Crippen molar-refractivity contribution in [1.29, 1.82) is 0 Å². The number of carbonyl (C=O) groups is 2. The van der Waals surface area contributed by atoms with Gasteiger partial charge < -0.3 is 19.8 Å². The van der Waals surface area contributed by atoms with Gasteiger partial charge in [0.15, 0.2) is 0 Å². The van der Waals surface area contributed by atoms with Gasteiger partial charge in [-0.05, 0) is 64.4 Å². The molecule has 1 atom stereocenters. The van der Waals surface area contributed by atoms with E-state index in [1.54, 1.807) is 32.9 Å². The largest absolute Gasteiger partial charge is 0.444 e. The van der Waals surface area contributed by atoms with Crippen LogP contribution in [0, 0.1) is 5.92 Å². The number of nitrogens with zero attached hydrogens (tertiary/aromatic N) is 3. The lowest BCUT2D eigenvalue weighted by Gasteiger charge is -2.30. The molecule has 1 aliphatic heterocycles. The van der Waals surface area contributed by atoms with Crippen molar-refractivity contribution in [3.8, 4) is 11.5 Å². The number of piperidine rings is 1. The van der Waals surface area contributed by atoms with Crippen LogP contribution in [0.1, 0.15) is 39.5 Å². The Morgan fingerprint density at radius 2 is 1.91 bits per heavy atom. The molecular weight excluding hydrogens is 434 g/mol. The number of benzene rings is 1. The number of likely N-dealkylation sites (tertiary alicyclic amines) is 1. The topological polar surface area (TPSA) is 110 Å². The third-order valence-corrected chi connectivity index (χ3v) is 5.14. The second-order valence-electron chi connectivity index (χ2n) is 8.80. The van der Waals surface area contributed by atoms with E-state index in [4.69, 9.17) is 20.8 Å². The molecule has 9 nitrogen and oxygen atoms in total. The van der Waals surface area contributed by atoms with Crippen molar-refractivity contribution in [2.24, 2.45) is 5.92 Å². The van der Waals surface area contributed by atoms with Crippen LogP contribution in [0.5, 0.6) is 0 Å². The monoisotopic (exact) mass is 463 g/mol. The third-order valence-electron chi connectivity index (χ3n) is 4.89. The second kappa shape index (κ2) is 10.8. The van der Waals surface area contributed by atoms with Crippen LogP contribution in [-0.2, 0) is 16.1 Å². The molecule has 2 amide bonds. The number of hydrogen-bond donors (Lipinski definition) is 2. The Balaban J connectivity index is 1.42. The molecule has 0 aliphatic carbocycles. The van der Waals surface area contributed by atoms with Gasteiger partial charge in [0.25, 0.3) is 0 Å². The van der Waals surface area contributed by atoms with E-state index in [2.05, 4.69) is 25.7 Å². The number of amides is 2. The molecular formula is C22H30ClN5O4. The van der Waals surface area contributed by atoms with Gasteiger partial charge in [-0.1, -0.05) is 11.6 Å². The molecule has 3 rings (SSSR count). The van der Waals surface area contributed by atoms with Crippen molar-refractivity contribution in [2.75, 3.05) is 26.2 Å². The van der Waals surface area contributed by atoms with Crippen molar-refractivity contribution < 1.29 is 18.7 Å². The van der Waals surface area contributed by atoms with Crippen LogP contribution < -0.4 is 10.6 Å². The molecule has 0 radical (unpaired) electrons. The predicted octanol–water partition coefficient (Wildman–Crippen LogP) is 3.24. The molecule has 10 heteroatoms. The molecule has 1 aliphatic rings. The second-order valence-corrected chi connectivity index (χ2v) is 9.24. The minimum Gasteiger partial charge on any atom is -0.444 e. The molecule has 1 saturated heterocycles. The molecule has 0 spiro atoms. The SMILES string of the molecule is CC(C)(C)OC(=O)NCCNC(=O)C1CCCN(Cc2nnc(-c3ccc(Cl)cc3)o2)C1. The highest BCUT2D eigenvalue weighted by Crippen LogP contribution is 2.22. The first-order chi connectivity index (χ1) is 15.2. The average Bonchev–Trinajstić information content (AvgIpc) is 3.19. The number of ether oxygens (including phenoxy) is 1. The smallest absolute Gasteiger partial charge is 0.407 e. The third kappa shape index (κ3) is 7.49. The molecule has 32 heavy (non-hydrogen) atoms. The van der Waals surface area contributed by atoms with Crippen LogP contribution in [0.25, 0.3) is 11.5 Å². The van der Waals surface area contributed by atoms with E-state index >= 15 is 0 Å². The van der Waals surface area contributed by atoms with Crippen molar-refractivity contribution in [3.05, 3.63) is 35.2 Å². The summed E-state index contributed by atoms with van der Waals surface area (Å²) in [5.41, 5.74) is 0.261. The Labute approximate surface area is 192 Å². The molecule has 2 aromatic rings. The summed E-state index contributed by atoms with van der Waals surface area (Å²) < 4.78 is 11.0. The normalized spacial score (nSPS) is 17.1. The lowest BCUT2D eigenvalue weighted by Crippen LogP contribution is -2.44. The maximum Gasteiger partial charge on any atom is 0.407 e. The van der Waals surface area contributed by atoms with Crippen LogP contribution in [0.2, 0.25) is 5.02 Å². The predicted molar refractivity (Wildman–Crippen MR) is 120 cm³/mol. The molecule has 1 unspecified atom stereocenters. The summed E-state index contributed by atoms with van der Waals surface area (Å²) in [4.78, 5) is 26.3. The summed E-state index contributed by atoms with van der Waals surface area (Å²) in [6.45, 7) is 8.04. The number of halogens is 1. The zero-order valence-electron chi connectivity index (χ0n) is 18.7. The summed E-state index contributed by atoms with van der Waals surface area (Å²) >= 11 is 5.92. The van der Waals surface area contributed by atoms with Gasteiger partial charge in [0, 0.05) is 30.2 Å². The first kappa shape index (κ1) is 24.0. The van der Waals surface area contributed by atoms with Crippen LogP contribution >= 0.6 is 11.6 Å². The minimum absolute atomic E-state index is 0.0203. The fraction of sp³-hybridized carbons (Fsp3) is 0.545. The minimum atomic E-state index is -0.549. The van der Waals surface area contributed by atoms with E-state index in [0.29, 0.717) is 43.0 Å². The van der Waals surface area contributed by atoms with Crippen molar-refractivity contribution in [1.82, 2.24) is 25.7 Å². The number of nitrogens with one attached hydrogen (secondary N) is 2. The summed E-state index contributed by atoms with van der Waals surface area (Å²) in [6, 6.07) is 7.21. The molecule has 1 fully saturated rings. The zero-order chi connectivity index (χ0) is 23.1. The standard InChI is InChI=1S/C22H30ClN5O4/c1-22(2,3)32-21(30)25-11-10-24-19(29)16-5-4-12-28(13-16)14-18-26-27-20(31-18)15-6-8-17(23)9-7-15/h6-9,16H,4-5,10-14H2,1-3H3,(H,24,29)(H,25,30). The van der Waals surface area contributed by atoms with Gasteiger partial charge in [0.05, 0.1) is 12.5 Å². The number of hydrogen-bond acceptors (Lipinski definition) is 7. The van der Waals surface area contributed by atoms with Crippen LogP contribution in [0.15, 0.2) is 28.7 Å². The zero-order valence-corrected chi connectivity index (χ0v) is 19.4. The van der Waals surface area contributed by atoms with E-state index in [0.717, 1.165) is 24.9 Å². The number of carbonyl (C=O) groups excluding carboxylic acids is 2. The van der Waals surface area contributed by atoms with Crippen LogP contribution in [-0.4, -0.2) is 58.9 Å². The maximum atomic E-state index is 12.5. The Morgan fingerprint density at radius 1 is 1.19 bits per heavy atom. The van der Waals surface area contributed by atoms with E-state index < -0.39 is 11.7 Å². The summed E-state index contributed by atoms with van der Waals surface area (Å²) in [7, 11) is 0. The lowest BCUT2D eigenvalue weighted by molar-refractivity contribution is -0.126. The lowest BCUT2D eigenvalue weighted by atomic mass is 9.97. The molecule has 0 saturated carbocycles. The average molecular weight is 464 g/mol. The molecule has 2 N–H and O–H groups in total. The first-order valence-electron chi connectivity index (χ1n) is 10.7. The van der Waals surface area contributed by atoms with Crippen molar-refractivity contribution >= 4 is 23.6 Å². The first-order valence-corrected chi connectivity index (χ1v) is 11.1. The Kier molecular flexibility index (Phi) is 8.09. The fourth-order valence-electron chi connectivity index (χ4n) is 3.44. The molecule has 1 aromatic heterocycles. The Morgan fingerprint density at radius 3 is 2.62 bits per heavy atom. The molecule has 0 bridgehead atoms. The highest BCUT2D eigenvalue weighted by atomic mass is 35.5. The Bertz CT molecular complexity index is 910. The van der Waals surface area contributed by atoms with E-state index in [9.17, 15) is 9.59 Å². The van der Waals surface area contributed by atoms with Gasteiger partial charge in [-0.15, -0.1) is 10.2 Å². The van der Waals surface area contributed by atoms with E-state index in [-0.39, 0.29) is 11.8 Å². The van der Waals surface area contributed by atoms with Gasteiger partial charge in [0.1, 0.15) is 5.60 Å². The van der Waals surface area contributed by atoms with Crippen LogP contribution in [0.4, 0.5) is 4.79 Å². The molecule has 2 heterocycles. The van der Waals surface area contributed by atoms with Gasteiger partial charge in [0.2, 0.25) is 17.7 Å². The van der Waals surface area contributed by atoms with Crippen LogP contribution in [0.3, 0.4) is 0 Å². The highest BCUT2D eigenvalue weighted by molar-refractivity contribution is 6.30. The van der Waals surface area contributed by atoms with E-state index in [1.807, 2.05) is 12.1 Å². The molecule has 174 valence electrons. The highest BCUT2D eigenvalue weighted by Gasteiger charge is 2.26. The van der Waals surface area contributed by atoms with E-state index in [1.165, 1.54) is 0 Å². The number of aromatic nitrogens is 2. The van der Waals surface area contributed by atoms with Crippen molar-refractivity contribution in [2.45, 2.75) is 45.8 Å². The molecule has 1 aromatic carbocycles. The summed E-state index contributed by atoms with van der Waals surface area (Å²) in [6.07, 6.45) is 1.24. The summed E-state index contributed by atoms with van der Waals surface area (Å²) in [5.74, 6) is 0.815. The number of rotatable bonds is 7. The van der Waals surface area contributed by atoms with Gasteiger partial charge >= 0.3 is 6.09 Å². The summed E-state index contributed by atoms with van der Waals surface area (Å²) in [5, 5.41) is 14.4. The maximum absolute atomic E-state index is 12.5. The quantitative estimate of drug-likeness (QED) is 0.606.